The van der Waals surface area contributed by atoms with Gasteiger partial charge in [-0.2, -0.15) is 4.31 Å². The van der Waals surface area contributed by atoms with Gasteiger partial charge < -0.3 is 9.73 Å². The van der Waals surface area contributed by atoms with Gasteiger partial charge in [-0.15, -0.1) is 0 Å². The van der Waals surface area contributed by atoms with Gasteiger partial charge in [0, 0.05) is 25.7 Å². The number of hydrogen-bond donors (Lipinski definition) is 1. The maximum Gasteiger partial charge on any atom is 0.287 e. The standard InChI is InChI=1S/C18H26N2O4S/c1-14-17(25(22,23)20-11-5-6-12-20)13-16(24-14)18(21)19-10-9-15-7-3-2-4-8-15/h7,13H,2-6,8-12H2,1H3,(H,19,21). The Balaban J connectivity index is 1.63. The van der Waals surface area contributed by atoms with E-state index in [1.807, 2.05) is 0 Å². The number of carbonyl (C=O) groups excluding carboxylic acids is 1. The lowest BCUT2D eigenvalue weighted by atomic mass is 9.97. The number of hydrogen-bond acceptors (Lipinski definition) is 4. The van der Waals surface area contributed by atoms with Crippen LogP contribution in [-0.4, -0.2) is 38.3 Å². The molecule has 0 saturated carbocycles. The molecule has 25 heavy (non-hydrogen) atoms. The van der Waals surface area contributed by atoms with Crippen LogP contribution in [0.5, 0.6) is 0 Å². The minimum atomic E-state index is -3.57. The van der Waals surface area contributed by atoms with Crippen LogP contribution in [0.3, 0.4) is 0 Å². The van der Waals surface area contributed by atoms with Crippen LogP contribution in [0.4, 0.5) is 0 Å². The van der Waals surface area contributed by atoms with Crippen molar-refractivity contribution in [3.8, 4) is 0 Å². The van der Waals surface area contributed by atoms with Gasteiger partial charge in [-0.1, -0.05) is 11.6 Å². The van der Waals surface area contributed by atoms with E-state index in [1.54, 1.807) is 6.92 Å². The molecular formula is C18H26N2O4S. The Morgan fingerprint density at radius 3 is 2.68 bits per heavy atom. The van der Waals surface area contributed by atoms with E-state index in [2.05, 4.69) is 11.4 Å². The molecule has 3 rings (SSSR count). The molecule has 1 amide bonds. The molecule has 1 aromatic rings. The molecular weight excluding hydrogens is 340 g/mol. The van der Waals surface area contributed by atoms with E-state index in [0.29, 0.717) is 19.6 Å². The van der Waals surface area contributed by atoms with Gasteiger partial charge in [0.25, 0.3) is 5.91 Å². The van der Waals surface area contributed by atoms with Gasteiger partial charge in [0.1, 0.15) is 10.7 Å². The normalized spacial score (nSPS) is 19.0. The first kappa shape index (κ1) is 18.2. The van der Waals surface area contributed by atoms with Crippen LogP contribution >= 0.6 is 0 Å². The summed E-state index contributed by atoms with van der Waals surface area (Å²) in [7, 11) is -3.57. The molecule has 1 aliphatic carbocycles. The van der Waals surface area contributed by atoms with E-state index in [1.165, 1.54) is 28.8 Å². The van der Waals surface area contributed by atoms with Crippen LogP contribution in [-0.2, 0) is 10.0 Å². The molecule has 0 atom stereocenters. The van der Waals surface area contributed by atoms with Crippen LogP contribution in [0, 0.1) is 6.92 Å². The Morgan fingerprint density at radius 1 is 1.24 bits per heavy atom. The summed E-state index contributed by atoms with van der Waals surface area (Å²) in [4.78, 5) is 12.4. The topological polar surface area (TPSA) is 79.6 Å². The van der Waals surface area contributed by atoms with Gasteiger partial charge in [0.15, 0.2) is 5.76 Å². The van der Waals surface area contributed by atoms with Crippen LogP contribution in [0.1, 0.15) is 61.3 Å². The van der Waals surface area contributed by atoms with Crippen molar-refractivity contribution in [3.63, 3.8) is 0 Å². The number of sulfonamides is 1. The van der Waals surface area contributed by atoms with Crippen molar-refractivity contribution < 1.29 is 17.6 Å². The molecule has 0 aromatic carbocycles. The van der Waals surface area contributed by atoms with Crippen molar-refractivity contribution in [1.29, 1.82) is 0 Å². The number of rotatable bonds is 6. The minimum absolute atomic E-state index is 0.0629. The van der Waals surface area contributed by atoms with Crippen LogP contribution < -0.4 is 5.32 Å². The quantitative estimate of drug-likeness (QED) is 0.785. The zero-order valence-electron chi connectivity index (χ0n) is 14.7. The zero-order chi connectivity index (χ0) is 17.9. The van der Waals surface area contributed by atoms with Crippen molar-refractivity contribution >= 4 is 15.9 Å². The van der Waals surface area contributed by atoms with Gasteiger partial charge in [0.05, 0.1) is 0 Å². The number of carbonyl (C=O) groups is 1. The summed E-state index contributed by atoms with van der Waals surface area (Å²) < 4.78 is 32.2. The zero-order valence-corrected chi connectivity index (χ0v) is 15.5. The van der Waals surface area contributed by atoms with E-state index in [0.717, 1.165) is 32.1 Å². The number of nitrogens with one attached hydrogen (secondary N) is 1. The molecule has 1 aromatic heterocycles. The van der Waals surface area contributed by atoms with E-state index in [-0.39, 0.29) is 22.3 Å². The van der Waals surface area contributed by atoms with Gasteiger partial charge in [-0.3, -0.25) is 4.79 Å². The van der Waals surface area contributed by atoms with E-state index >= 15 is 0 Å². The smallest absolute Gasteiger partial charge is 0.287 e. The lowest BCUT2D eigenvalue weighted by Crippen LogP contribution is -2.28. The molecule has 138 valence electrons. The minimum Gasteiger partial charge on any atom is -0.455 e. The first-order valence-corrected chi connectivity index (χ1v) is 10.5. The SMILES string of the molecule is Cc1oc(C(=O)NCCC2=CCCCC2)cc1S(=O)(=O)N1CCCC1. The number of aryl methyl sites for hydroxylation is 1. The third-order valence-electron chi connectivity index (χ3n) is 4.90. The molecule has 6 nitrogen and oxygen atoms in total. The Labute approximate surface area is 149 Å². The third-order valence-corrected chi connectivity index (χ3v) is 6.90. The molecule has 1 saturated heterocycles. The van der Waals surface area contributed by atoms with Crippen molar-refractivity contribution in [2.75, 3.05) is 19.6 Å². The summed E-state index contributed by atoms with van der Waals surface area (Å²) in [5, 5.41) is 2.83. The Hall–Kier alpha value is -1.60. The lowest BCUT2D eigenvalue weighted by Gasteiger charge is -2.14. The second-order valence-corrected chi connectivity index (χ2v) is 8.66. The van der Waals surface area contributed by atoms with E-state index in [4.69, 9.17) is 4.42 Å². The van der Waals surface area contributed by atoms with Crippen molar-refractivity contribution in [3.05, 3.63) is 29.2 Å². The van der Waals surface area contributed by atoms with Gasteiger partial charge in [-0.05, 0) is 51.9 Å². The Bertz CT molecular complexity index is 758. The fraction of sp³-hybridized carbons (Fsp3) is 0.611. The van der Waals surface area contributed by atoms with Gasteiger partial charge >= 0.3 is 0 Å². The predicted molar refractivity (Wildman–Crippen MR) is 94.9 cm³/mol. The van der Waals surface area contributed by atoms with Crippen molar-refractivity contribution in [2.24, 2.45) is 0 Å². The van der Waals surface area contributed by atoms with Crippen molar-refractivity contribution in [1.82, 2.24) is 9.62 Å². The summed E-state index contributed by atoms with van der Waals surface area (Å²) in [6.45, 7) is 3.19. The van der Waals surface area contributed by atoms with Crippen LogP contribution in [0.25, 0.3) is 0 Å². The molecule has 0 spiro atoms. The van der Waals surface area contributed by atoms with Gasteiger partial charge in [0.2, 0.25) is 10.0 Å². The number of allylic oxidation sites excluding steroid dienone is 1. The van der Waals surface area contributed by atoms with Gasteiger partial charge in [-0.25, -0.2) is 8.42 Å². The molecule has 0 bridgehead atoms. The average molecular weight is 366 g/mol. The average Bonchev–Trinajstić information content (AvgIpc) is 3.26. The summed E-state index contributed by atoms with van der Waals surface area (Å²) in [5.74, 6) is -0.0256. The van der Waals surface area contributed by atoms with Crippen LogP contribution in [0.15, 0.2) is 27.0 Å². The highest BCUT2D eigenvalue weighted by molar-refractivity contribution is 7.89. The Morgan fingerprint density at radius 2 is 2.00 bits per heavy atom. The third kappa shape index (κ3) is 4.15. The van der Waals surface area contributed by atoms with Crippen LogP contribution in [0.2, 0.25) is 0 Å². The molecule has 1 N–H and O–H groups in total. The first-order chi connectivity index (χ1) is 12.0. The maximum atomic E-state index is 12.6. The second kappa shape index (κ2) is 7.74. The fourth-order valence-corrected chi connectivity index (χ4v) is 5.13. The highest BCUT2D eigenvalue weighted by Gasteiger charge is 2.31. The predicted octanol–water partition coefficient (Wildman–Crippen LogP) is 2.99. The molecule has 1 aliphatic heterocycles. The lowest BCUT2D eigenvalue weighted by molar-refractivity contribution is 0.0925. The molecule has 2 heterocycles. The van der Waals surface area contributed by atoms with Crippen molar-refractivity contribution in [2.45, 2.75) is 56.8 Å². The second-order valence-electron chi connectivity index (χ2n) is 6.76. The fourth-order valence-electron chi connectivity index (χ4n) is 3.46. The number of amides is 1. The maximum absolute atomic E-state index is 12.6. The van der Waals surface area contributed by atoms with E-state index in [9.17, 15) is 13.2 Å². The summed E-state index contributed by atoms with van der Waals surface area (Å²) in [6.07, 6.45) is 9.54. The molecule has 1 fully saturated rings. The summed E-state index contributed by atoms with van der Waals surface area (Å²) in [5.41, 5.74) is 1.39. The monoisotopic (exact) mass is 366 g/mol. The van der Waals surface area contributed by atoms with E-state index < -0.39 is 10.0 Å². The number of furan rings is 1. The summed E-state index contributed by atoms with van der Waals surface area (Å²) >= 11 is 0. The number of nitrogens with zero attached hydrogens (tertiary/aromatic N) is 1. The highest BCUT2D eigenvalue weighted by Crippen LogP contribution is 2.26. The molecule has 2 aliphatic rings. The Kier molecular flexibility index (Phi) is 5.64. The first-order valence-electron chi connectivity index (χ1n) is 9.05. The molecule has 0 radical (unpaired) electrons. The molecule has 0 unspecified atom stereocenters. The summed E-state index contributed by atoms with van der Waals surface area (Å²) in [6, 6.07) is 1.36. The molecule has 7 heteroatoms. The largest absolute Gasteiger partial charge is 0.455 e. The highest BCUT2D eigenvalue weighted by atomic mass is 32.2.